The van der Waals surface area contributed by atoms with E-state index in [1.165, 1.54) is 0 Å². The molecule has 1 aromatic carbocycles. The Morgan fingerprint density at radius 1 is 1.33 bits per heavy atom. The number of nitrogens with zero attached hydrogens (tertiary/aromatic N) is 2. The van der Waals surface area contributed by atoms with Crippen LogP contribution in [0.3, 0.4) is 0 Å². The third-order valence-corrected chi connectivity index (χ3v) is 3.22. The van der Waals surface area contributed by atoms with Gasteiger partial charge in [0.15, 0.2) is 5.76 Å². The first-order valence-electron chi connectivity index (χ1n) is 6.22. The number of rotatable bonds is 3. The van der Waals surface area contributed by atoms with Gasteiger partial charge >= 0.3 is 0 Å². The van der Waals surface area contributed by atoms with Gasteiger partial charge in [0.1, 0.15) is 0 Å². The van der Waals surface area contributed by atoms with Crippen molar-refractivity contribution >= 4 is 0 Å². The molecule has 4 nitrogen and oxygen atoms in total. The minimum Gasteiger partial charge on any atom is -0.439 e. The molecule has 0 saturated carbocycles. The molecule has 1 saturated heterocycles. The zero-order chi connectivity index (χ0) is 12.4. The van der Waals surface area contributed by atoms with Crippen LogP contribution in [0, 0.1) is 0 Å². The highest BCUT2D eigenvalue weighted by atomic mass is 16.4. The molecule has 1 aromatic heterocycles. The molecule has 0 bridgehead atoms. The summed E-state index contributed by atoms with van der Waals surface area (Å²) in [5.41, 5.74) is 1.04. The maximum atomic E-state index is 9.47. The van der Waals surface area contributed by atoms with Gasteiger partial charge in [-0.1, -0.05) is 30.3 Å². The lowest BCUT2D eigenvalue weighted by molar-refractivity contribution is 0.171. The largest absolute Gasteiger partial charge is 0.439 e. The Hall–Kier alpha value is -1.65. The van der Waals surface area contributed by atoms with Crippen molar-refractivity contribution in [3.63, 3.8) is 0 Å². The topological polar surface area (TPSA) is 49.5 Å². The van der Waals surface area contributed by atoms with E-state index in [-0.39, 0.29) is 6.10 Å². The summed E-state index contributed by atoms with van der Waals surface area (Å²) in [4.78, 5) is 6.45. The van der Waals surface area contributed by atoms with Crippen LogP contribution >= 0.6 is 0 Å². The summed E-state index contributed by atoms with van der Waals surface area (Å²) in [6.45, 7) is 2.29. The molecule has 1 atom stereocenters. The SMILES string of the molecule is OC1CCN(Cc2ncc(-c3ccccc3)o2)C1. The van der Waals surface area contributed by atoms with Crippen molar-refractivity contribution in [2.24, 2.45) is 0 Å². The maximum Gasteiger partial charge on any atom is 0.209 e. The summed E-state index contributed by atoms with van der Waals surface area (Å²) in [5.74, 6) is 1.51. The van der Waals surface area contributed by atoms with Gasteiger partial charge in [-0.2, -0.15) is 0 Å². The lowest BCUT2D eigenvalue weighted by Crippen LogP contribution is -2.21. The Morgan fingerprint density at radius 3 is 2.89 bits per heavy atom. The Bertz CT molecular complexity index is 510. The van der Waals surface area contributed by atoms with E-state index in [4.69, 9.17) is 4.42 Å². The third kappa shape index (κ3) is 2.44. The predicted molar refractivity (Wildman–Crippen MR) is 67.8 cm³/mol. The molecule has 94 valence electrons. The van der Waals surface area contributed by atoms with Crippen LogP contribution in [0.4, 0.5) is 0 Å². The molecule has 0 amide bonds. The number of aromatic nitrogens is 1. The van der Waals surface area contributed by atoms with Crippen LogP contribution in [0.15, 0.2) is 40.9 Å². The van der Waals surface area contributed by atoms with E-state index in [1.807, 2.05) is 30.3 Å². The van der Waals surface area contributed by atoms with Crippen molar-refractivity contribution in [3.05, 3.63) is 42.4 Å². The lowest BCUT2D eigenvalue weighted by atomic mass is 10.2. The van der Waals surface area contributed by atoms with E-state index >= 15 is 0 Å². The molecular weight excluding hydrogens is 228 g/mol. The quantitative estimate of drug-likeness (QED) is 0.896. The van der Waals surface area contributed by atoms with Crippen LogP contribution in [0.25, 0.3) is 11.3 Å². The molecule has 2 heterocycles. The predicted octanol–water partition coefficient (Wildman–Crippen LogP) is 1.91. The van der Waals surface area contributed by atoms with Crippen molar-refractivity contribution in [2.45, 2.75) is 19.1 Å². The summed E-state index contributed by atoms with van der Waals surface area (Å²) < 4.78 is 5.73. The highest BCUT2D eigenvalue weighted by Gasteiger charge is 2.21. The van der Waals surface area contributed by atoms with Crippen molar-refractivity contribution in [3.8, 4) is 11.3 Å². The average Bonchev–Trinajstić information content (AvgIpc) is 3.01. The van der Waals surface area contributed by atoms with E-state index in [2.05, 4.69) is 9.88 Å². The summed E-state index contributed by atoms with van der Waals surface area (Å²) in [7, 11) is 0. The van der Waals surface area contributed by atoms with E-state index in [0.29, 0.717) is 19.0 Å². The second-order valence-electron chi connectivity index (χ2n) is 4.66. The van der Waals surface area contributed by atoms with Gasteiger partial charge in [-0.05, 0) is 6.42 Å². The zero-order valence-electron chi connectivity index (χ0n) is 10.1. The normalized spacial score (nSPS) is 20.4. The first-order chi connectivity index (χ1) is 8.81. The third-order valence-electron chi connectivity index (χ3n) is 3.22. The van der Waals surface area contributed by atoms with Crippen molar-refractivity contribution in [2.75, 3.05) is 13.1 Å². The molecule has 1 aliphatic heterocycles. The average molecular weight is 244 g/mol. The molecule has 0 aliphatic carbocycles. The van der Waals surface area contributed by atoms with Crippen molar-refractivity contribution in [1.82, 2.24) is 9.88 Å². The molecule has 2 aromatic rings. The standard InChI is InChI=1S/C14H16N2O2/c17-12-6-7-16(9-12)10-14-15-8-13(18-14)11-4-2-1-3-5-11/h1-5,8,12,17H,6-7,9-10H2. The maximum absolute atomic E-state index is 9.47. The highest BCUT2D eigenvalue weighted by molar-refractivity contribution is 5.55. The molecule has 4 heteroatoms. The van der Waals surface area contributed by atoms with Crippen molar-refractivity contribution < 1.29 is 9.52 Å². The van der Waals surface area contributed by atoms with Gasteiger partial charge in [0.25, 0.3) is 0 Å². The summed E-state index contributed by atoms with van der Waals surface area (Å²) in [6.07, 6.45) is 2.40. The van der Waals surface area contributed by atoms with Crippen LogP contribution in [0.1, 0.15) is 12.3 Å². The Kier molecular flexibility index (Phi) is 3.13. The van der Waals surface area contributed by atoms with Gasteiger partial charge in [0, 0.05) is 18.7 Å². The smallest absolute Gasteiger partial charge is 0.209 e. The van der Waals surface area contributed by atoms with Gasteiger partial charge in [0.2, 0.25) is 5.89 Å². The molecule has 3 rings (SSSR count). The number of hydrogen-bond acceptors (Lipinski definition) is 4. The molecule has 1 N–H and O–H groups in total. The monoisotopic (exact) mass is 244 g/mol. The second-order valence-corrected chi connectivity index (χ2v) is 4.66. The Morgan fingerprint density at radius 2 is 2.17 bits per heavy atom. The number of β-amino-alcohol motifs (C(OH)–C–C–N with tert-alkyl or cyclic N) is 1. The summed E-state index contributed by atoms with van der Waals surface area (Å²) in [5, 5.41) is 9.47. The molecule has 18 heavy (non-hydrogen) atoms. The molecular formula is C14H16N2O2. The summed E-state index contributed by atoms with van der Waals surface area (Å²) >= 11 is 0. The number of likely N-dealkylation sites (tertiary alicyclic amines) is 1. The van der Waals surface area contributed by atoms with Crippen LogP contribution in [-0.2, 0) is 6.54 Å². The van der Waals surface area contributed by atoms with Gasteiger partial charge < -0.3 is 9.52 Å². The molecule has 1 unspecified atom stereocenters. The van der Waals surface area contributed by atoms with Crippen LogP contribution < -0.4 is 0 Å². The summed E-state index contributed by atoms with van der Waals surface area (Å²) in [6, 6.07) is 9.95. The second kappa shape index (κ2) is 4.92. The molecule has 1 aliphatic rings. The number of hydrogen-bond donors (Lipinski definition) is 1. The van der Waals surface area contributed by atoms with E-state index < -0.39 is 0 Å². The number of aliphatic hydroxyl groups excluding tert-OH is 1. The Balaban J connectivity index is 1.70. The minimum atomic E-state index is -0.200. The van der Waals surface area contributed by atoms with Gasteiger partial charge in [0.05, 0.1) is 18.8 Å². The zero-order valence-corrected chi connectivity index (χ0v) is 10.1. The first-order valence-corrected chi connectivity index (χ1v) is 6.22. The lowest BCUT2D eigenvalue weighted by Gasteiger charge is -2.11. The van der Waals surface area contributed by atoms with Crippen LogP contribution in [0.2, 0.25) is 0 Å². The van der Waals surface area contributed by atoms with E-state index in [9.17, 15) is 5.11 Å². The molecule has 0 radical (unpaired) electrons. The van der Waals surface area contributed by atoms with Crippen molar-refractivity contribution in [1.29, 1.82) is 0 Å². The van der Waals surface area contributed by atoms with Gasteiger partial charge in [-0.3, -0.25) is 4.90 Å². The van der Waals surface area contributed by atoms with Crippen LogP contribution in [0.5, 0.6) is 0 Å². The first kappa shape index (κ1) is 11.4. The fraction of sp³-hybridized carbons (Fsp3) is 0.357. The Labute approximate surface area is 106 Å². The number of aliphatic hydroxyl groups is 1. The van der Waals surface area contributed by atoms with Gasteiger partial charge in [-0.15, -0.1) is 0 Å². The molecule has 1 fully saturated rings. The highest BCUT2D eigenvalue weighted by Crippen LogP contribution is 2.21. The fourth-order valence-electron chi connectivity index (χ4n) is 2.27. The number of benzene rings is 1. The molecule has 0 spiro atoms. The minimum absolute atomic E-state index is 0.200. The van der Waals surface area contributed by atoms with E-state index in [1.54, 1.807) is 6.20 Å². The van der Waals surface area contributed by atoms with Crippen LogP contribution in [-0.4, -0.2) is 34.2 Å². The fourth-order valence-corrected chi connectivity index (χ4v) is 2.27. The van der Waals surface area contributed by atoms with Gasteiger partial charge in [-0.25, -0.2) is 4.98 Å². The van der Waals surface area contributed by atoms with E-state index in [0.717, 1.165) is 24.3 Å². The number of oxazole rings is 1.